The smallest absolute Gasteiger partial charge is 0.114 e. The van der Waals surface area contributed by atoms with Crippen molar-refractivity contribution in [1.82, 2.24) is 0 Å². The number of thioether (sulfide) groups is 1. The van der Waals surface area contributed by atoms with Crippen molar-refractivity contribution in [3.63, 3.8) is 0 Å². The van der Waals surface area contributed by atoms with Gasteiger partial charge in [-0.3, -0.25) is 5.41 Å². The Balaban J connectivity index is 2.17. The second-order valence-corrected chi connectivity index (χ2v) is 6.08. The number of hydrogen-bond acceptors (Lipinski definition) is 3. The molecule has 0 bridgehead atoms. The van der Waals surface area contributed by atoms with E-state index < -0.39 is 0 Å². The molecule has 17 heavy (non-hydrogen) atoms. The second kappa shape index (κ2) is 6.15. The Morgan fingerprint density at radius 3 is 2.71 bits per heavy atom. The number of rotatable bonds is 7. The first-order valence-electron chi connectivity index (χ1n) is 5.95. The van der Waals surface area contributed by atoms with Crippen molar-refractivity contribution in [3.05, 3.63) is 18.1 Å². The van der Waals surface area contributed by atoms with E-state index in [0.717, 1.165) is 30.8 Å². The lowest BCUT2D eigenvalue weighted by Gasteiger charge is -2.22. The van der Waals surface area contributed by atoms with Gasteiger partial charge in [0.1, 0.15) is 5.76 Å². The monoisotopic (exact) mass is 254 g/mol. The van der Waals surface area contributed by atoms with Crippen LogP contribution < -0.4 is 5.73 Å². The zero-order valence-electron chi connectivity index (χ0n) is 10.9. The van der Waals surface area contributed by atoms with E-state index in [1.54, 1.807) is 6.26 Å². The molecule has 96 valence electrons. The average molecular weight is 254 g/mol. The quantitative estimate of drug-likeness (QED) is 0.336. The normalized spacial score (nSPS) is 11.7. The van der Waals surface area contributed by atoms with E-state index in [9.17, 15) is 0 Å². The molecular formula is C13H22N2OS. The second-order valence-electron chi connectivity index (χ2n) is 4.94. The van der Waals surface area contributed by atoms with E-state index in [1.165, 1.54) is 4.90 Å². The minimum atomic E-state index is -0.157. The van der Waals surface area contributed by atoms with Crippen LogP contribution in [0.4, 0.5) is 0 Å². The molecular weight excluding hydrogens is 232 g/mol. The Bertz CT molecular complexity index is 371. The maximum absolute atomic E-state index is 7.48. The summed E-state index contributed by atoms with van der Waals surface area (Å²) in [6, 6.07) is 2.01. The predicted octanol–water partition coefficient (Wildman–Crippen LogP) is 3.81. The van der Waals surface area contributed by atoms with Crippen LogP contribution in [0.15, 0.2) is 21.6 Å². The number of aryl methyl sites for hydroxylation is 1. The summed E-state index contributed by atoms with van der Waals surface area (Å²) in [5.74, 6) is 2.38. The van der Waals surface area contributed by atoms with Crippen molar-refractivity contribution >= 4 is 17.6 Å². The van der Waals surface area contributed by atoms with Gasteiger partial charge in [0.2, 0.25) is 0 Å². The van der Waals surface area contributed by atoms with Crippen LogP contribution in [-0.2, 0) is 0 Å². The van der Waals surface area contributed by atoms with Crippen molar-refractivity contribution in [2.24, 2.45) is 11.1 Å². The van der Waals surface area contributed by atoms with Gasteiger partial charge in [-0.1, -0.05) is 20.3 Å². The third-order valence-electron chi connectivity index (χ3n) is 2.99. The number of nitrogens with two attached hydrogens (primary N) is 1. The van der Waals surface area contributed by atoms with E-state index in [4.69, 9.17) is 15.6 Å². The molecule has 0 radical (unpaired) electrons. The molecule has 0 aliphatic carbocycles. The van der Waals surface area contributed by atoms with Crippen molar-refractivity contribution in [1.29, 1.82) is 5.41 Å². The Hall–Kier alpha value is -0.900. The fraction of sp³-hybridized carbons (Fsp3) is 0.615. The Kier molecular flexibility index (Phi) is 5.12. The predicted molar refractivity (Wildman–Crippen MR) is 73.7 cm³/mol. The molecule has 1 aromatic rings. The molecule has 1 aromatic heterocycles. The molecule has 0 atom stereocenters. The number of amidine groups is 1. The van der Waals surface area contributed by atoms with Gasteiger partial charge in [0.05, 0.1) is 12.1 Å². The summed E-state index contributed by atoms with van der Waals surface area (Å²) < 4.78 is 5.24. The molecule has 0 fully saturated rings. The van der Waals surface area contributed by atoms with E-state index in [1.807, 2.05) is 38.6 Å². The van der Waals surface area contributed by atoms with Crippen molar-refractivity contribution in [2.45, 2.75) is 44.9 Å². The summed E-state index contributed by atoms with van der Waals surface area (Å²) in [4.78, 5) is 1.23. The lowest BCUT2D eigenvalue weighted by Crippen LogP contribution is -2.30. The van der Waals surface area contributed by atoms with Gasteiger partial charge in [0.15, 0.2) is 0 Å². The highest BCUT2D eigenvalue weighted by molar-refractivity contribution is 7.99. The van der Waals surface area contributed by atoms with Gasteiger partial charge in [-0.15, -0.1) is 11.8 Å². The summed E-state index contributed by atoms with van der Waals surface area (Å²) in [5, 5.41) is 7.48. The van der Waals surface area contributed by atoms with Crippen LogP contribution >= 0.6 is 11.8 Å². The summed E-state index contributed by atoms with van der Waals surface area (Å²) in [5.41, 5.74) is 5.39. The topological polar surface area (TPSA) is 63.0 Å². The van der Waals surface area contributed by atoms with Crippen LogP contribution in [-0.4, -0.2) is 11.6 Å². The molecule has 0 saturated carbocycles. The van der Waals surface area contributed by atoms with Crippen molar-refractivity contribution in [3.8, 4) is 0 Å². The molecule has 3 nitrogen and oxygen atoms in total. The maximum Gasteiger partial charge on any atom is 0.114 e. The lowest BCUT2D eigenvalue weighted by atomic mass is 9.86. The molecule has 3 N–H and O–H groups in total. The molecule has 0 amide bonds. The zero-order valence-corrected chi connectivity index (χ0v) is 11.7. The molecule has 1 rings (SSSR count). The number of nitrogens with one attached hydrogen (secondary N) is 1. The Labute approximate surface area is 108 Å². The van der Waals surface area contributed by atoms with Crippen LogP contribution in [0, 0.1) is 17.7 Å². The molecule has 0 spiro atoms. The average Bonchev–Trinajstić information content (AvgIpc) is 2.63. The first-order valence-corrected chi connectivity index (χ1v) is 6.93. The molecule has 0 aromatic carbocycles. The van der Waals surface area contributed by atoms with Gasteiger partial charge in [-0.2, -0.15) is 0 Å². The molecule has 0 unspecified atom stereocenters. The highest BCUT2D eigenvalue weighted by Gasteiger charge is 2.20. The fourth-order valence-corrected chi connectivity index (χ4v) is 2.48. The molecule has 0 aliphatic heterocycles. The first kappa shape index (κ1) is 14.2. The van der Waals surface area contributed by atoms with E-state index in [0.29, 0.717) is 0 Å². The van der Waals surface area contributed by atoms with E-state index in [2.05, 4.69) is 0 Å². The summed E-state index contributed by atoms with van der Waals surface area (Å²) in [6.07, 6.45) is 4.96. The lowest BCUT2D eigenvalue weighted by molar-refractivity contribution is 0.448. The fourth-order valence-electron chi connectivity index (χ4n) is 1.51. The van der Waals surface area contributed by atoms with Crippen molar-refractivity contribution < 1.29 is 4.42 Å². The number of unbranched alkanes of at least 4 members (excludes halogenated alkanes) is 1. The summed E-state index contributed by atoms with van der Waals surface area (Å²) in [6.45, 7) is 6.05. The number of furan rings is 1. The van der Waals surface area contributed by atoms with E-state index in [-0.39, 0.29) is 11.3 Å². The molecule has 4 heteroatoms. The molecule has 0 aliphatic rings. The van der Waals surface area contributed by atoms with Crippen LogP contribution in [0.1, 0.15) is 38.9 Å². The first-order chi connectivity index (χ1) is 7.93. The van der Waals surface area contributed by atoms with Gasteiger partial charge in [-0.25, -0.2) is 0 Å². The highest BCUT2D eigenvalue weighted by atomic mass is 32.2. The minimum absolute atomic E-state index is 0.157. The highest BCUT2D eigenvalue weighted by Crippen LogP contribution is 2.26. The van der Waals surface area contributed by atoms with Crippen molar-refractivity contribution in [2.75, 3.05) is 5.75 Å². The van der Waals surface area contributed by atoms with E-state index >= 15 is 0 Å². The molecule has 1 heterocycles. The Morgan fingerprint density at radius 1 is 1.47 bits per heavy atom. The van der Waals surface area contributed by atoms with Crippen LogP contribution in [0.5, 0.6) is 0 Å². The summed E-state index contributed by atoms with van der Waals surface area (Å²) in [7, 11) is 0. The van der Waals surface area contributed by atoms with Gasteiger partial charge in [0.25, 0.3) is 0 Å². The van der Waals surface area contributed by atoms with Gasteiger partial charge in [0, 0.05) is 10.3 Å². The SMILES string of the molecule is Cc1occc1SCCCCC(C)(C)C(=N)N. The third-order valence-corrected chi connectivity index (χ3v) is 4.22. The maximum atomic E-state index is 7.48. The largest absolute Gasteiger partial charge is 0.468 e. The van der Waals surface area contributed by atoms with Crippen LogP contribution in [0.25, 0.3) is 0 Å². The number of hydrogen-bond donors (Lipinski definition) is 2. The Morgan fingerprint density at radius 2 is 2.18 bits per heavy atom. The van der Waals surface area contributed by atoms with Crippen LogP contribution in [0.2, 0.25) is 0 Å². The van der Waals surface area contributed by atoms with Gasteiger partial charge >= 0.3 is 0 Å². The molecule has 0 saturated heterocycles. The minimum Gasteiger partial charge on any atom is -0.468 e. The van der Waals surface area contributed by atoms with Gasteiger partial charge in [-0.05, 0) is 31.6 Å². The third kappa shape index (κ3) is 4.46. The van der Waals surface area contributed by atoms with Gasteiger partial charge < -0.3 is 10.2 Å². The summed E-state index contributed by atoms with van der Waals surface area (Å²) >= 11 is 1.83. The standard InChI is InChI=1S/C13H22N2OS/c1-10-11(6-8-16-10)17-9-5-4-7-13(2,3)12(14)15/h6,8H,4-5,7,9H2,1-3H3,(H3,14,15). The van der Waals surface area contributed by atoms with Crippen LogP contribution in [0.3, 0.4) is 0 Å². The zero-order chi connectivity index (χ0) is 12.9.